The van der Waals surface area contributed by atoms with Gasteiger partial charge in [-0.05, 0) is 19.4 Å². The maximum Gasteiger partial charge on any atom is 0.307 e. The van der Waals surface area contributed by atoms with E-state index in [0.717, 1.165) is 0 Å². The molecule has 0 aliphatic carbocycles. The molecule has 8 heteroatoms. The lowest BCUT2D eigenvalue weighted by atomic mass is 10.1. The van der Waals surface area contributed by atoms with Crippen LogP contribution in [0.4, 0.5) is 5.69 Å². The van der Waals surface area contributed by atoms with Crippen molar-refractivity contribution in [1.29, 1.82) is 0 Å². The van der Waals surface area contributed by atoms with Gasteiger partial charge in [0, 0.05) is 44.0 Å². The highest BCUT2D eigenvalue weighted by atomic mass is 16.6. The number of carbonyl (C=O) groups excluding carboxylic acids is 2. The summed E-state index contributed by atoms with van der Waals surface area (Å²) in [5.41, 5.74) is 0.0635. The number of hydrogen-bond acceptors (Lipinski definition) is 6. The number of nitro groups is 1. The molecule has 0 aliphatic heterocycles. The fourth-order valence-corrected chi connectivity index (χ4v) is 2.08. The van der Waals surface area contributed by atoms with Crippen LogP contribution in [0, 0.1) is 10.1 Å². The van der Waals surface area contributed by atoms with Crippen LogP contribution in [0.1, 0.15) is 30.1 Å². The van der Waals surface area contributed by atoms with Crippen molar-refractivity contribution in [1.82, 2.24) is 4.90 Å². The van der Waals surface area contributed by atoms with Gasteiger partial charge in [-0.1, -0.05) is 6.07 Å². The van der Waals surface area contributed by atoms with E-state index in [1.165, 1.54) is 36.3 Å². The molecule has 0 spiro atoms. The number of esters is 1. The van der Waals surface area contributed by atoms with E-state index in [0.29, 0.717) is 26.2 Å². The van der Waals surface area contributed by atoms with Gasteiger partial charge in [-0.3, -0.25) is 19.7 Å². The fraction of sp³-hybridized carbons (Fsp3) is 0.500. The van der Waals surface area contributed by atoms with Gasteiger partial charge in [-0.25, -0.2) is 0 Å². The Balaban J connectivity index is 2.82. The molecule has 0 atom stereocenters. The minimum Gasteiger partial charge on any atom is -0.469 e. The molecular formula is C16H22N2O6. The predicted octanol–water partition coefficient (Wildman–Crippen LogP) is 2.03. The molecule has 0 aromatic heterocycles. The first-order valence-corrected chi connectivity index (χ1v) is 7.67. The van der Waals surface area contributed by atoms with Crippen LogP contribution < -0.4 is 0 Å². The third kappa shape index (κ3) is 6.33. The number of nitro benzene ring substituents is 1. The second-order valence-electron chi connectivity index (χ2n) is 4.98. The Labute approximate surface area is 140 Å². The molecule has 1 aromatic carbocycles. The van der Waals surface area contributed by atoms with E-state index in [2.05, 4.69) is 4.74 Å². The second-order valence-corrected chi connectivity index (χ2v) is 4.98. The van der Waals surface area contributed by atoms with E-state index in [4.69, 9.17) is 4.74 Å². The highest BCUT2D eigenvalue weighted by Gasteiger charge is 2.19. The van der Waals surface area contributed by atoms with Gasteiger partial charge in [0.1, 0.15) is 0 Å². The zero-order chi connectivity index (χ0) is 17.9. The maximum atomic E-state index is 12.6. The topological polar surface area (TPSA) is 99.0 Å². The largest absolute Gasteiger partial charge is 0.469 e. The lowest BCUT2D eigenvalue weighted by Crippen LogP contribution is -2.34. The van der Waals surface area contributed by atoms with Gasteiger partial charge >= 0.3 is 5.97 Å². The van der Waals surface area contributed by atoms with Gasteiger partial charge in [-0.15, -0.1) is 0 Å². The summed E-state index contributed by atoms with van der Waals surface area (Å²) < 4.78 is 9.84. The normalized spacial score (nSPS) is 10.2. The number of hydrogen-bond donors (Lipinski definition) is 0. The van der Waals surface area contributed by atoms with E-state index in [9.17, 15) is 19.7 Å². The van der Waals surface area contributed by atoms with E-state index in [1.54, 1.807) is 0 Å². The van der Waals surface area contributed by atoms with Crippen LogP contribution >= 0.6 is 0 Å². The van der Waals surface area contributed by atoms with Gasteiger partial charge < -0.3 is 14.4 Å². The monoisotopic (exact) mass is 338 g/mol. The highest BCUT2D eigenvalue weighted by Crippen LogP contribution is 2.15. The van der Waals surface area contributed by atoms with Crippen LogP contribution in [0.5, 0.6) is 0 Å². The van der Waals surface area contributed by atoms with Crippen molar-refractivity contribution in [2.24, 2.45) is 0 Å². The van der Waals surface area contributed by atoms with E-state index in [-0.39, 0.29) is 30.1 Å². The minimum atomic E-state index is -0.551. The standard InChI is InChI=1S/C16H22N2O6/c1-3-24-11-5-9-17(10-8-15(19)23-2)16(20)13-6-4-7-14(12-13)18(21)22/h4,6-7,12H,3,5,8-11H2,1-2H3. The molecule has 0 N–H and O–H groups in total. The van der Waals surface area contributed by atoms with Crippen molar-refractivity contribution in [2.45, 2.75) is 19.8 Å². The third-order valence-corrected chi connectivity index (χ3v) is 3.33. The molecule has 0 heterocycles. The Morgan fingerprint density at radius 1 is 1.29 bits per heavy atom. The number of rotatable bonds is 10. The molecule has 8 nitrogen and oxygen atoms in total. The number of methoxy groups -OCH3 is 1. The molecule has 132 valence electrons. The number of benzene rings is 1. The molecule has 0 bridgehead atoms. The van der Waals surface area contributed by atoms with E-state index < -0.39 is 10.9 Å². The Morgan fingerprint density at radius 3 is 2.67 bits per heavy atom. The first kappa shape index (κ1) is 19.6. The van der Waals surface area contributed by atoms with Crippen LogP contribution in [-0.2, 0) is 14.3 Å². The third-order valence-electron chi connectivity index (χ3n) is 3.33. The summed E-state index contributed by atoms with van der Waals surface area (Å²) in [4.78, 5) is 35.7. The summed E-state index contributed by atoms with van der Waals surface area (Å²) in [6.45, 7) is 3.52. The number of ether oxygens (including phenoxy) is 2. The SMILES string of the molecule is CCOCCCN(CCC(=O)OC)C(=O)c1cccc([N+](=O)[O-])c1. The van der Waals surface area contributed by atoms with Gasteiger partial charge in [-0.2, -0.15) is 0 Å². The zero-order valence-electron chi connectivity index (χ0n) is 13.9. The zero-order valence-corrected chi connectivity index (χ0v) is 13.9. The average Bonchev–Trinajstić information content (AvgIpc) is 2.60. The smallest absolute Gasteiger partial charge is 0.307 e. The van der Waals surface area contributed by atoms with Crippen LogP contribution in [0.25, 0.3) is 0 Å². The van der Waals surface area contributed by atoms with Crippen LogP contribution in [0.2, 0.25) is 0 Å². The summed E-state index contributed by atoms with van der Waals surface area (Å²) in [5.74, 6) is -0.782. The molecule has 0 unspecified atom stereocenters. The maximum absolute atomic E-state index is 12.6. The molecule has 0 fully saturated rings. The quantitative estimate of drug-likeness (QED) is 0.280. The number of nitrogens with zero attached hydrogens (tertiary/aromatic N) is 2. The van der Waals surface area contributed by atoms with E-state index in [1.807, 2.05) is 6.92 Å². The van der Waals surface area contributed by atoms with Crippen LogP contribution in [0.3, 0.4) is 0 Å². The Morgan fingerprint density at radius 2 is 2.04 bits per heavy atom. The van der Waals surface area contributed by atoms with Crippen molar-refractivity contribution in [3.63, 3.8) is 0 Å². The Bertz CT molecular complexity index is 575. The van der Waals surface area contributed by atoms with Gasteiger partial charge in [0.15, 0.2) is 0 Å². The fourth-order valence-electron chi connectivity index (χ4n) is 2.08. The lowest BCUT2D eigenvalue weighted by Gasteiger charge is -2.22. The molecule has 24 heavy (non-hydrogen) atoms. The molecule has 0 aliphatic rings. The van der Waals surface area contributed by atoms with E-state index >= 15 is 0 Å². The number of amides is 1. The highest BCUT2D eigenvalue weighted by molar-refractivity contribution is 5.95. The Hall–Kier alpha value is -2.48. The predicted molar refractivity (Wildman–Crippen MR) is 86.7 cm³/mol. The molecule has 0 saturated heterocycles. The first-order chi connectivity index (χ1) is 11.5. The van der Waals surface area contributed by atoms with Gasteiger partial charge in [0.25, 0.3) is 11.6 Å². The Kier molecular flexibility index (Phi) is 8.42. The molecule has 0 saturated carbocycles. The summed E-state index contributed by atoms with van der Waals surface area (Å²) >= 11 is 0. The van der Waals surface area contributed by atoms with Crippen molar-refractivity contribution >= 4 is 17.6 Å². The number of non-ortho nitro benzene ring substituents is 1. The van der Waals surface area contributed by atoms with Crippen LogP contribution in [0.15, 0.2) is 24.3 Å². The molecule has 1 amide bonds. The summed E-state index contributed by atoms with van der Waals surface area (Å²) in [6.07, 6.45) is 0.668. The molecule has 1 rings (SSSR count). The lowest BCUT2D eigenvalue weighted by molar-refractivity contribution is -0.384. The molecule has 1 aromatic rings. The molecule has 0 radical (unpaired) electrons. The van der Waals surface area contributed by atoms with Gasteiger partial charge in [0.2, 0.25) is 0 Å². The second kappa shape index (κ2) is 10.3. The van der Waals surface area contributed by atoms with Crippen molar-refractivity contribution < 1.29 is 24.0 Å². The number of carbonyl (C=O) groups is 2. The first-order valence-electron chi connectivity index (χ1n) is 7.67. The minimum absolute atomic E-state index is 0.0613. The molecular weight excluding hydrogens is 316 g/mol. The van der Waals surface area contributed by atoms with Gasteiger partial charge in [0.05, 0.1) is 18.5 Å². The summed E-state index contributed by atoms with van der Waals surface area (Å²) in [7, 11) is 1.28. The van der Waals surface area contributed by atoms with Crippen molar-refractivity contribution in [2.75, 3.05) is 33.4 Å². The summed E-state index contributed by atoms with van der Waals surface area (Å²) in [5, 5.41) is 10.8. The van der Waals surface area contributed by atoms with Crippen LogP contribution in [-0.4, -0.2) is 55.1 Å². The van der Waals surface area contributed by atoms with Crippen molar-refractivity contribution in [3.05, 3.63) is 39.9 Å². The summed E-state index contributed by atoms with van der Waals surface area (Å²) in [6, 6.07) is 5.54. The van der Waals surface area contributed by atoms with Crippen molar-refractivity contribution in [3.8, 4) is 0 Å². The average molecular weight is 338 g/mol.